The van der Waals surface area contributed by atoms with Crippen LogP contribution in [0.2, 0.25) is 0 Å². The van der Waals surface area contributed by atoms with Crippen molar-refractivity contribution in [3.05, 3.63) is 102 Å². The molecule has 0 amide bonds. The summed E-state index contributed by atoms with van der Waals surface area (Å²) in [6.07, 6.45) is 0.246. The lowest BCUT2D eigenvalue weighted by Gasteiger charge is -2.11. The number of alkyl halides is 2. The minimum Gasteiger partial charge on any atom is -0.382 e. The van der Waals surface area contributed by atoms with Gasteiger partial charge in [-0.3, -0.25) is 4.98 Å². The predicted molar refractivity (Wildman–Crippen MR) is 140 cm³/mol. The largest absolute Gasteiger partial charge is 0.414 e. The van der Waals surface area contributed by atoms with Gasteiger partial charge in [0.25, 0.3) is 0 Å². The third kappa shape index (κ3) is 5.92. The number of aromatic nitrogens is 4. The van der Waals surface area contributed by atoms with Crippen LogP contribution in [0.3, 0.4) is 0 Å². The van der Waals surface area contributed by atoms with Crippen molar-refractivity contribution >= 4 is 29.5 Å². The monoisotopic (exact) mass is 523 g/mol. The maximum atomic E-state index is 12.5. The summed E-state index contributed by atoms with van der Waals surface area (Å²) in [5.74, 6) is 1.55. The summed E-state index contributed by atoms with van der Waals surface area (Å²) >= 11 is 3.72. The number of hydrogen-bond acceptors (Lipinski definition) is 6. The lowest BCUT2D eigenvalue weighted by atomic mass is 10.1. The molecule has 0 spiro atoms. The Balaban J connectivity index is 0.000000225. The molecule has 0 aliphatic heterocycles. The number of fused-ring (bicyclic) bond motifs is 1. The Morgan fingerprint density at radius 2 is 1.62 bits per heavy atom. The van der Waals surface area contributed by atoms with Crippen molar-refractivity contribution in [3.63, 3.8) is 0 Å². The molecule has 2 heterocycles. The Morgan fingerprint density at radius 3 is 2.30 bits per heavy atom. The molecule has 10 heteroatoms. The van der Waals surface area contributed by atoms with Gasteiger partial charge in [0.05, 0.1) is 16.6 Å². The summed E-state index contributed by atoms with van der Waals surface area (Å²) in [5, 5.41) is 0. The summed E-state index contributed by atoms with van der Waals surface area (Å²) in [6.45, 7) is 2.93. The summed E-state index contributed by atoms with van der Waals surface area (Å²) in [4.78, 5) is 15.7. The number of imidazole rings is 1. The molecule has 0 radical (unpaired) electrons. The zero-order valence-corrected chi connectivity index (χ0v) is 20.7. The van der Waals surface area contributed by atoms with Gasteiger partial charge in [0.15, 0.2) is 0 Å². The molecule has 0 saturated heterocycles. The van der Waals surface area contributed by atoms with Crippen LogP contribution >= 0.6 is 12.6 Å². The number of nitrogens with two attached hydrogens (primary N) is 1. The number of aryl methyl sites for hydroxylation is 1. The minimum atomic E-state index is -3.92. The van der Waals surface area contributed by atoms with Gasteiger partial charge in [-0.25, -0.2) is 9.97 Å². The fourth-order valence-corrected chi connectivity index (χ4v) is 4.15. The highest BCUT2D eigenvalue weighted by Crippen LogP contribution is 2.33. The van der Waals surface area contributed by atoms with Gasteiger partial charge in [0.1, 0.15) is 17.3 Å². The third-order valence-corrected chi connectivity index (χ3v) is 6.05. The van der Waals surface area contributed by atoms with Gasteiger partial charge >= 0.3 is 6.11 Å². The Labute approximate surface area is 217 Å². The molecule has 0 aliphatic rings. The molecule has 5 aromatic rings. The molecule has 0 saturated carbocycles. The van der Waals surface area contributed by atoms with Crippen molar-refractivity contribution < 1.29 is 18.2 Å². The van der Waals surface area contributed by atoms with E-state index < -0.39 is 11.7 Å². The first-order valence-corrected chi connectivity index (χ1v) is 11.8. The van der Waals surface area contributed by atoms with Gasteiger partial charge in [0, 0.05) is 35.8 Å². The maximum Gasteiger partial charge on any atom is 0.414 e. The molecular formula is C27H24F3N5OS. The standard InChI is InChI=1S/C20H19N5.C7H5F3OS/c1-2-18-24-16-5-3-4-6-17(16)25(18)13-14-7-9-15(10-8-14)19-20(21)23-12-11-22-19;8-7(9,11-10)5-3-1-2-4-6(5)12/h3-12H,2,13H2,1H3,(H2,21,23);1-4,12H. The molecule has 190 valence electrons. The molecule has 0 aliphatic carbocycles. The first-order valence-electron chi connectivity index (χ1n) is 11.4. The number of nitrogen functional groups attached to an aromatic ring is 1. The van der Waals surface area contributed by atoms with E-state index in [1.54, 1.807) is 12.4 Å². The number of benzene rings is 3. The maximum absolute atomic E-state index is 12.5. The van der Waals surface area contributed by atoms with Crippen LogP contribution in [0.5, 0.6) is 0 Å². The van der Waals surface area contributed by atoms with Gasteiger partial charge < -0.3 is 10.3 Å². The van der Waals surface area contributed by atoms with E-state index in [-0.39, 0.29) is 4.90 Å². The lowest BCUT2D eigenvalue weighted by molar-refractivity contribution is -0.365. The number of hydrogen-bond donors (Lipinski definition) is 2. The fraction of sp³-hybridized carbons (Fsp3) is 0.148. The Hall–Kier alpha value is -3.89. The van der Waals surface area contributed by atoms with Crippen LogP contribution in [0, 0.1) is 0 Å². The van der Waals surface area contributed by atoms with Crippen LogP contribution in [0.4, 0.5) is 19.1 Å². The lowest BCUT2D eigenvalue weighted by Crippen LogP contribution is -2.14. The molecule has 2 aromatic heterocycles. The number of halogens is 3. The second-order valence-electron chi connectivity index (χ2n) is 8.05. The van der Waals surface area contributed by atoms with Crippen LogP contribution in [-0.4, -0.2) is 19.5 Å². The van der Waals surface area contributed by atoms with Crippen LogP contribution in [-0.2, 0) is 24.0 Å². The molecule has 5 rings (SSSR count). The second kappa shape index (κ2) is 11.4. The second-order valence-corrected chi connectivity index (χ2v) is 8.54. The molecule has 2 N–H and O–H groups in total. The van der Waals surface area contributed by atoms with Crippen molar-refractivity contribution in [3.8, 4) is 11.3 Å². The number of nitrogens with zero attached hydrogens (tertiary/aromatic N) is 4. The molecule has 3 aromatic carbocycles. The molecule has 6 nitrogen and oxygen atoms in total. The highest BCUT2D eigenvalue weighted by molar-refractivity contribution is 7.80. The Kier molecular flexibility index (Phi) is 8.10. The Bertz CT molecular complexity index is 1490. The molecule has 0 atom stereocenters. The summed E-state index contributed by atoms with van der Waals surface area (Å²) in [6, 6.07) is 21.8. The van der Waals surface area contributed by atoms with Crippen molar-refractivity contribution in [1.29, 1.82) is 0 Å². The number of rotatable bonds is 6. The average molecular weight is 524 g/mol. The van der Waals surface area contributed by atoms with Crippen molar-refractivity contribution in [2.45, 2.75) is 30.9 Å². The SMILES string of the molecule is CCc1nc2ccccc2n1Cc1ccc(-c2nccnc2N)cc1.FOC(F)(F)c1ccccc1S. The Morgan fingerprint density at radius 1 is 0.946 bits per heavy atom. The molecule has 0 fully saturated rings. The first-order chi connectivity index (χ1) is 17.8. The summed E-state index contributed by atoms with van der Waals surface area (Å²) in [7, 11) is 0. The van der Waals surface area contributed by atoms with Crippen LogP contribution in [0.1, 0.15) is 23.9 Å². The van der Waals surface area contributed by atoms with E-state index in [4.69, 9.17) is 10.7 Å². The molecule has 37 heavy (non-hydrogen) atoms. The van der Waals surface area contributed by atoms with E-state index in [9.17, 15) is 13.3 Å². The normalized spacial score (nSPS) is 11.3. The summed E-state index contributed by atoms with van der Waals surface area (Å²) in [5.41, 5.74) is 10.4. The van der Waals surface area contributed by atoms with Crippen molar-refractivity contribution in [1.82, 2.24) is 19.5 Å². The minimum absolute atomic E-state index is 0.0137. The zero-order chi connectivity index (χ0) is 26.4. The third-order valence-electron chi connectivity index (χ3n) is 5.66. The van der Waals surface area contributed by atoms with Gasteiger partial charge in [0.2, 0.25) is 0 Å². The fourth-order valence-electron chi connectivity index (χ4n) is 3.85. The van der Waals surface area contributed by atoms with Crippen molar-refractivity contribution in [2.75, 3.05) is 5.73 Å². The van der Waals surface area contributed by atoms with Gasteiger partial charge in [-0.15, -0.1) is 17.6 Å². The topological polar surface area (TPSA) is 78.9 Å². The van der Waals surface area contributed by atoms with Crippen LogP contribution in [0.15, 0.2) is 90.1 Å². The predicted octanol–water partition coefficient (Wildman–Crippen LogP) is 6.61. The van der Waals surface area contributed by atoms with E-state index in [1.807, 2.05) is 18.2 Å². The molecular weight excluding hydrogens is 499 g/mol. The zero-order valence-electron chi connectivity index (χ0n) is 19.9. The van der Waals surface area contributed by atoms with Gasteiger partial charge in [-0.2, -0.15) is 8.78 Å². The summed E-state index contributed by atoms with van der Waals surface area (Å²) < 4.78 is 38.6. The number of anilines is 1. The highest BCUT2D eigenvalue weighted by atomic mass is 32.1. The van der Waals surface area contributed by atoms with Crippen LogP contribution in [0.25, 0.3) is 22.3 Å². The average Bonchev–Trinajstić information content (AvgIpc) is 3.27. The van der Waals surface area contributed by atoms with Gasteiger partial charge in [-0.1, -0.05) is 55.5 Å². The highest BCUT2D eigenvalue weighted by Gasteiger charge is 2.35. The first kappa shape index (κ1) is 26.2. The van der Waals surface area contributed by atoms with E-state index in [0.717, 1.165) is 41.6 Å². The van der Waals surface area contributed by atoms with E-state index >= 15 is 0 Å². The van der Waals surface area contributed by atoms with Gasteiger partial charge in [-0.05, 0) is 34.4 Å². The molecule has 0 bridgehead atoms. The van der Waals surface area contributed by atoms with E-state index in [2.05, 4.69) is 69.4 Å². The van der Waals surface area contributed by atoms with Crippen molar-refractivity contribution in [2.24, 2.45) is 0 Å². The van der Waals surface area contributed by atoms with Crippen LogP contribution < -0.4 is 5.73 Å². The van der Waals surface area contributed by atoms with E-state index in [0.29, 0.717) is 5.82 Å². The van der Waals surface area contributed by atoms with E-state index in [1.165, 1.54) is 29.3 Å². The number of para-hydroxylation sites is 2. The number of thiol groups is 1. The smallest absolute Gasteiger partial charge is 0.382 e. The molecule has 0 unspecified atom stereocenters. The quantitative estimate of drug-likeness (QED) is 0.245.